The molecule has 2 N–H and O–H groups in total. The molecule has 4 nitrogen and oxygen atoms in total. The predicted octanol–water partition coefficient (Wildman–Crippen LogP) is 6.00. The lowest BCUT2D eigenvalue weighted by Crippen LogP contribution is -2.52. The van der Waals surface area contributed by atoms with Gasteiger partial charge in [0.15, 0.2) is 0 Å². The van der Waals surface area contributed by atoms with Gasteiger partial charge in [-0.3, -0.25) is 15.6 Å². The first-order valence-corrected chi connectivity index (χ1v) is 15.5. The topological polar surface area (TPSA) is 44.4 Å². The predicted molar refractivity (Wildman–Crippen MR) is 144 cm³/mol. The van der Waals surface area contributed by atoms with E-state index in [-0.39, 0.29) is 11.9 Å². The van der Waals surface area contributed by atoms with Crippen LogP contribution in [0.3, 0.4) is 0 Å². The number of nitrogens with zero attached hydrogens (tertiary/aromatic N) is 1. The van der Waals surface area contributed by atoms with Crippen LogP contribution in [0.5, 0.6) is 0 Å². The minimum absolute atomic E-state index is 0.270. The minimum Gasteiger partial charge on any atom is -0.332 e. The van der Waals surface area contributed by atoms with Crippen LogP contribution >= 0.6 is 11.8 Å². The third-order valence-corrected chi connectivity index (χ3v) is 11.1. The Hall–Kier alpha value is -0.780. The summed E-state index contributed by atoms with van der Waals surface area (Å²) in [7, 11) is 0. The molecule has 5 rings (SSSR count). The van der Waals surface area contributed by atoms with Crippen molar-refractivity contribution in [2.75, 3.05) is 13.1 Å². The van der Waals surface area contributed by atoms with E-state index in [1.54, 1.807) is 0 Å². The molecule has 0 spiro atoms. The fourth-order valence-electron chi connectivity index (χ4n) is 7.35. The molecule has 5 heteroatoms. The number of allylic oxidation sites excluding steroid dienone is 3. The maximum atomic E-state index is 13.7. The molecule has 5 aliphatic rings. The zero-order valence-electron chi connectivity index (χ0n) is 21.1. The van der Waals surface area contributed by atoms with Gasteiger partial charge in [0, 0.05) is 29.6 Å². The van der Waals surface area contributed by atoms with Crippen molar-refractivity contribution >= 4 is 17.7 Å². The third-order valence-electron chi connectivity index (χ3n) is 9.37. The lowest BCUT2D eigenvalue weighted by molar-refractivity contribution is -0.128. The number of carbonyl (C=O) groups excluding carboxylic acids is 1. The largest absolute Gasteiger partial charge is 0.332 e. The molecule has 0 radical (unpaired) electrons. The number of amides is 1. The van der Waals surface area contributed by atoms with Gasteiger partial charge >= 0.3 is 0 Å². The van der Waals surface area contributed by atoms with Gasteiger partial charge in [0.05, 0.1) is 6.04 Å². The van der Waals surface area contributed by atoms with Crippen LogP contribution in [-0.4, -0.2) is 46.5 Å². The van der Waals surface area contributed by atoms with E-state index in [9.17, 15) is 4.79 Å². The molecular formula is C29H47N3OS. The Bertz CT molecular complexity index is 712. The normalized spacial score (nSPS) is 35.8. The van der Waals surface area contributed by atoms with Crippen molar-refractivity contribution in [2.24, 2.45) is 17.8 Å². The molecule has 2 aliphatic heterocycles. The van der Waals surface area contributed by atoms with Gasteiger partial charge in [-0.15, -0.1) is 0 Å². The Labute approximate surface area is 212 Å². The fraction of sp³-hybridized carbons (Fsp3) is 0.828. The number of hydrogen-bond donors (Lipinski definition) is 2. The summed E-state index contributed by atoms with van der Waals surface area (Å²) in [6, 6.07) is 0.682. The molecule has 2 saturated heterocycles. The molecule has 0 bridgehead atoms. The molecule has 2 heterocycles. The third kappa shape index (κ3) is 6.31. The van der Waals surface area contributed by atoms with Crippen LogP contribution < -0.4 is 10.9 Å². The highest BCUT2D eigenvalue weighted by Crippen LogP contribution is 2.42. The summed E-state index contributed by atoms with van der Waals surface area (Å²) in [5.74, 6) is 2.43. The molecule has 34 heavy (non-hydrogen) atoms. The summed E-state index contributed by atoms with van der Waals surface area (Å²) in [6.07, 6.45) is 28.7. The molecule has 190 valence electrons. The maximum Gasteiger partial charge on any atom is 0.246 e. The average molecular weight is 486 g/mol. The summed E-state index contributed by atoms with van der Waals surface area (Å²) in [4.78, 5) is 16.0. The van der Waals surface area contributed by atoms with Crippen LogP contribution in [0.15, 0.2) is 24.3 Å². The lowest BCUT2D eigenvalue weighted by atomic mass is 9.81. The van der Waals surface area contributed by atoms with E-state index in [1.165, 1.54) is 96.3 Å². The van der Waals surface area contributed by atoms with Gasteiger partial charge in [-0.1, -0.05) is 56.8 Å². The van der Waals surface area contributed by atoms with E-state index < -0.39 is 0 Å². The van der Waals surface area contributed by atoms with Crippen molar-refractivity contribution < 1.29 is 4.79 Å². The minimum atomic E-state index is 0.270. The highest BCUT2D eigenvalue weighted by Gasteiger charge is 2.41. The first-order chi connectivity index (χ1) is 16.8. The van der Waals surface area contributed by atoms with Crippen LogP contribution in [0.2, 0.25) is 0 Å². The Kier molecular flexibility index (Phi) is 9.12. The smallest absolute Gasteiger partial charge is 0.246 e. The monoisotopic (exact) mass is 485 g/mol. The highest BCUT2D eigenvalue weighted by molar-refractivity contribution is 8.00. The number of thioether (sulfide) groups is 1. The standard InChI is InChI=1S/C29H47N3OS/c33-28(19-16-22-10-4-1-5-11-22)32(26-20-30-31-29(26)24-14-8-3-9-15-24)21-25-17-18-27(34-25)23-12-6-2-7-13-23/h2,6,16,19,22-27,29-31H,1,3-5,7-15,17-18,20-21H2/b19-16+. The van der Waals surface area contributed by atoms with Gasteiger partial charge < -0.3 is 4.90 Å². The summed E-state index contributed by atoms with van der Waals surface area (Å²) < 4.78 is 0. The van der Waals surface area contributed by atoms with Crippen LogP contribution in [-0.2, 0) is 4.79 Å². The second-order valence-corrected chi connectivity index (χ2v) is 13.2. The molecule has 3 aliphatic carbocycles. The maximum absolute atomic E-state index is 13.7. The second kappa shape index (κ2) is 12.5. The average Bonchev–Trinajstić information content (AvgIpc) is 3.58. The molecule has 5 unspecified atom stereocenters. The van der Waals surface area contributed by atoms with E-state index in [2.05, 4.69) is 45.7 Å². The lowest BCUT2D eigenvalue weighted by Gasteiger charge is -2.38. The van der Waals surface area contributed by atoms with Gasteiger partial charge in [0.1, 0.15) is 0 Å². The van der Waals surface area contributed by atoms with Crippen molar-refractivity contribution in [2.45, 2.75) is 119 Å². The van der Waals surface area contributed by atoms with Crippen molar-refractivity contribution in [1.29, 1.82) is 0 Å². The zero-order valence-corrected chi connectivity index (χ0v) is 22.0. The Morgan fingerprint density at radius 2 is 1.71 bits per heavy atom. The molecule has 0 aromatic heterocycles. The Balaban J connectivity index is 1.26. The molecular weight excluding hydrogens is 438 g/mol. The van der Waals surface area contributed by atoms with Crippen LogP contribution in [0.1, 0.15) is 96.3 Å². The first-order valence-electron chi connectivity index (χ1n) is 14.6. The second-order valence-electron chi connectivity index (χ2n) is 11.7. The van der Waals surface area contributed by atoms with Crippen LogP contribution in [0, 0.1) is 17.8 Å². The van der Waals surface area contributed by atoms with Crippen molar-refractivity contribution in [3.8, 4) is 0 Å². The number of carbonyl (C=O) groups is 1. The van der Waals surface area contributed by atoms with Gasteiger partial charge in [-0.05, 0) is 81.6 Å². The molecule has 0 aromatic carbocycles. The molecule has 0 aromatic rings. The zero-order chi connectivity index (χ0) is 23.2. The molecule has 4 fully saturated rings. The van der Waals surface area contributed by atoms with E-state index in [1.807, 2.05) is 6.08 Å². The number of hydrogen-bond acceptors (Lipinski definition) is 4. The van der Waals surface area contributed by atoms with Crippen molar-refractivity contribution in [3.05, 3.63) is 24.3 Å². The van der Waals surface area contributed by atoms with E-state index in [0.717, 1.165) is 24.3 Å². The summed E-state index contributed by atoms with van der Waals surface area (Å²) in [5, 5.41) is 1.38. The summed E-state index contributed by atoms with van der Waals surface area (Å²) in [5.41, 5.74) is 7.08. The Morgan fingerprint density at radius 3 is 2.47 bits per heavy atom. The van der Waals surface area contributed by atoms with Crippen LogP contribution in [0.25, 0.3) is 0 Å². The summed E-state index contributed by atoms with van der Waals surface area (Å²) in [6.45, 7) is 1.81. The summed E-state index contributed by atoms with van der Waals surface area (Å²) >= 11 is 2.21. The SMILES string of the molecule is O=C(/C=C/C1CCCCC1)N(CC1CCC(C2CC=CCC2)S1)C1CNNC1C1CCCCC1. The fourth-order valence-corrected chi connectivity index (χ4v) is 9.11. The van der Waals surface area contributed by atoms with Gasteiger partial charge in [-0.2, -0.15) is 11.8 Å². The highest BCUT2D eigenvalue weighted by atomic mass is 32.2. The van der Waals surface area contributed by atoms with Gasteiger partial charge in [0.25, 0.3) is 0 Å². The first kappa shape index (κ1) is 24.9. The molecule has 1 amide bonds. The number of rotatable bonds is 7. The molecule has 5 atom stereocenters. The number of nitrogens with one attached hydrogen (secondary N) is 2. The Morgan fingerprint density at radius 1 is 0.912 bits per heavy atom. The number of hydrazine groups is 1. The van der Waals surface area contributed by atoms with Crippen molar-refractivity contribution in [1.82, 2.24) is 15.8 Å². The quantitative estimate of drug-likeness (QED) is 0.343. The van der Waals surface area contributed by atoms with Gasteiger partial charge in [-0.25, -0.2) is 0 Å². The molecule has 2 saturated carbocycles. The van der Waals surface area contributed by atoms with Crippen molar-refractivity contribution in [3.63, 3.8) is 0 Å². The van der Waals surface area contributed by atoms with Crippen LogP contribution in [0.4, 0.5) is 0 Å². The van der Waals surface area contributed by atoms with E-state index in [4.69, 9.17) is 0 Å². The van der Waals surface area contributed by atoms with E-state index in [0.29, 0.717) is 23.1 Å². The van der Waals surface area contributed by atoms with Gasteiger partial charge in [0.2, 0.25) is 5.91 Å². The van der Waals surface area contributed by atoms with E-state index >= 15 is 0 Å².